The van der Waals surface area contributed by atoms with Crippen LogP contribution in [-0.2, 0) is 0 Å². The first-order valence-electron chi connectivity index (χ1n) is 6.65. The van der Waals surface area contributed by atoms with Crippen molar-refractivity contribution in [2.75, 3.05) is 12.4 Å². The van der Waals surface area contributed by atoms with E-state index in [4.69, 9.17) is 16.0 Å². The number of hydrogen-bond donors (Lipinski definition) is 0. The molecule has 1 aliphatic carbocycles. The quantitative estimate of drug-likeness (QED) is 0.783. The highest BCUT2D eigenvalue weighted by Crippen LogP contribution is 2.25. The third kappa shape index (κ3) is 2.89. The standard InChI is InChI=1S/C14H20ClNO2/c1-11-7-10-18-13(11)14(17)16(9-8-15)12-5-3-2-4-6-12/h7,10,12H,2-6,8-9H2,1H3. The van der Waals surface area contributed by atoms with Crippen LogP contribution in [-0.4, -0.2) is 29.3 Å². The molecule has 0 atom stereocenters. The van der Waals surface area contributed by atoms with Gasteiger partial charge in [0, 0.05) is 24.0 Å². The summed E-state index contributed by atoms with van der Waals surface area (Å²) in [5.41, 5.74) is 0.899. The van der Waals surface area contributed by atoms with Gasteiger partial charge in [-0.1, -0.05) is 19.3 Å². The number of amides is 1. The van der Waals surface area contributed by atoms with E-state index in [0.29, 0.717) is 24.2 Å². The lowest BCUT2D eigenvalue weighted by Gasteiger charge is -2.33. The number of alkyl halides is 1. The average molecular weight is 270 g/mol. The summed E-state index contributed by atoms with van der Waals surface area (Å²) in [5.74, 6) is 0.929. The molecule has 0 bridgehead atoms. The fourth-order valence-electron chi connectivity index (χ4n) is 2.66. The molecule has 2 rings (SSSR count). The van der Waals surface area contributed by atoms with E-state index in [9.17, 15) is 4.79 Å². The number of nitrogens with zero attached hydrogens (tertiary/aromatic N) is 1. The third-order valence-electron chi connectivity index (χ3n) is 3.66. The Bertz CT molecular complexity index is 396. The molecule has 1 aromatic heterocycles. The van der Waals surface area contributed by atoms with Gasteiger partial charge in [0.1, 0.15) is 0 Å². The minimum atomic E-state index is -0.00921. The maximum Gasteiger partial charge on any atom is 0.290 e. The van der Waals surface area contributed by atoms with Gasteiger partial charge in [0.25, 0.3) is 5.91 Å². The Kier molecular flexibility index (Phi) is 4.70. The maximum absolute atomic E-state index is 12.5. The summed E-state index contributed by atoms with van der Waals surface area (Å²) in [6.45, 7) is 2.50. The molecule has 100 valence electrons. The number of carbonyl (C=O) groups excluding carboxylic acids is 1. The number of hydrogen-bond acceptors (Lipinski definition) is 2. The van der Waals surface area contributed by atoms with Crippen LogP contribution in [0.5, 0.6) is 0 Å². The van der Waals surface area contributed by atoms with Gasteiger partial charge >= 0.3 is 0 Å². The molecular weight excluding hydrogens is 250 g/mol. The molecule has 1 heterocycles. The van der Waals surface area contributed by atoms with Gasteiger partial charge in [-0.3, -0.25) is 4.79 Å². The Hall–Kier alpha value is -0.960. The number of rotatable bonds is 4. The number of aryl methyl sites for hydroxylation is 1. The monoisotopic (exact) mass is 269 g/mol. The molecule has 0 aliphatic heterocycles. The van der Waals surface area contributed by atoms with Gasteiger partial charge in [-0.25, -0.2) is 0 Å². The van der Waals surface area contributed by atoms with Gasteiger partial charge in [0.05, 0.1) is 6.26 Å². The predicted molar refractivity (Wildman–Crippen MR) is 72.1 cm³/mol. The van der Waals surface area contributed by atoms with Gasteiger partial charge in [0.2, 0.25) is 0 Å². The Morgan fingerprint density at radius 3 is 2.72 bits per heavy atom. The largest absolute Gasteiger partial charge is 0.459 e. The van der Waals surface area contributed by atoms with Crippen LogP contribution in [0.2, 0.25) is 0 Å². The molecule has 0 N–H and O–H groups in total. The highest BCUT2D eigenvalue weighted by Gasteiger charge is 2.28. The molecule has 3 nitrogen and oxygen atoms in total. The molecule has 1 aliphatic rings. The molecule has 1 amide bonds. The lowest BCUT2D eigenvalue weighted by Crippen LogP contribution is -2.42. The fourth-order valence-corrected chi connectivity index (χ4v) is 2.84. The van der Waals surface area contributed by atoms with Crippen LogP contribution >= 0.6 is 11.6 Å². The van der Waals surface area contributed by atoms with Crippen LogP contribution in [0, 0.1) is 6.92 Å². The maximum atomic E-state index is 12.5. The van der Waals surface area contributed by atoms with Gasteiger partial charge < -0.3 is 9.32 Å². The van der Waals surface area contributed by atoms with Crippen LogP contribution in [0.1, 0.15) is 48.2 Å². The summed E-state index contributed by atoms with van der Waals surface area (Å²) in [5, 5.41) is 0. The van der Waals surface area contributed by atoms with E-state index in [2.05, 4.69) is 0 Å². The van der Waals surface area contributed by atoms with E-state index < -0.39 is 0 Å². The van der Waals surface area contributed by atoms with Crippen LogP contribution in [0.25, 0.3) is 0 Å². The topological polar surface area (TPSA) is 33.5 Å². The van der Waals surface area contributed by atoms with Crippen molar-refractivity contribution < 1.29 is 9.21 Å². The third-order valence-corrected chi connectivity index (χ3v) is 3.83. The van der Waals surface area contributed by atoms with E-state index in [1.807, 2.05) is 17.9 Å². The predicted octanol–water partition coefficient (Wildman–Crippen LogP) is 3.60. The van der Waals surface area contributed by atoms with Crippen molar-refractivity contribution in [1.29, 1.82) is 0 Å². The number of carbonyl (C=O) groups is 1. The van der Waals surface area contributed by atoms with E-state index in [1.165, 1.54) is 19.3 Å². The minimum absolute atomic E-state index is 0.00921. The first-order valence-corrected chi connectivity index (χ1v) is 7.18. The summed E-state index contributed by atoms with van der Waals surface area (Å²) in [6, 6.07) is 2.15. The van der Waals surface area contributed by atoms with Crippen molar-refractivity contribution in [2.24, 2.45) is 0 Å². The first-order chi connectivity index (χ1) is 8.74. The summed E-state index contributed by atoms with van der Waals surface area (Å²) >= 11 is 5.84. The van der Waals surface area contributed by atoms with Crippen LogP contribution in [0.15, 0.2) is 16.7 Å². The molecule has 4 heteroatoms. The molecule has 1 saturated carbocycles. The second kappa shape index (κ2) is 6.28. The molecule has 0 unspecified atom stereocenters. The van der Waals surface area contributed by atoms with Crippen LogP contribution in [0.3, 0.4) is 0 Å². The van der Waals surface area contributed by atoms with Gasteiger partial charge in [-0.2, -0.15) is 0 Å². The summed E-state index contributed by atoms with van der Waals surface area (Å²) < 4.78 is 5.31. The van der Waals surface area contributed by atoms with Crippen molar-refractivity contribution in [2.45, 2.75) is 45.1 Å². The Balaban J connectivity index is 2.13. The molecule has 1 fully saturated rings. The lowest BCUT2D eigenvalue weighted by molar-refractivity contribution is 0.0616. The Morgan fingerprint density at radius 2 is 2.17 bits per heavy atom. The average Bonchev–Trinajstić information content (AvgIpc) is 2.82. The van der Waals surface area contributed by atoms with Gasteiger partial charge in [-0.15, -0.1) is 11.6 Å². The highest BCUT2D eigenvalue weighted by atomic mass is 35.5. The minimum Gasteiger partial charge on any atom is -0.459 e. The van der Waals surface area contributed by atoms with E-state index >= 15 is 0 Å². The molecule has 0 saturated heterocycles. The second-order valence-electron chi connectivity index (χ2n) is 4.91. The van der Waals surface area contributed by atoms with Crippen LogP contribution in [0.4, 0.5) is 0 Å². The molecule has 0 radical (unpaired) electrons. The van der Waals surface area contributed by atoms with Crippen molar-refractivity contribution in [3.05, 3.63) is 23.7 Å². The smallest absolute Gasteiger partial charge is 0.290 e. The first kappa shape index (κ1) is 13.5. The Labute approximate surface area is 113 Å². The number of furan rings is 1. The SMILES string of the molecule is Cc1ccoc1C(=O)N(CCCl)C1CCCCC1. The Morgan fingerprint density at radius 1 is 1.44 bits per heavy atom. The van der Waals surface area contributed by atoms with E-state index in [0.717, 1.165) is 18.4 Å². The zero-order chi connectivity index (χ0) is 13.0. The van der Waals surface area contributed by atoms with Crippen LogP contribution < -0.4 is 0 Å². The van der Waals surface area contributed by atoms with Crippen molar-refractivity contribution in [3.8, 4) is 0 Å². The normalized spacial score (nSPS) is 16.8. The zero-order valence-corrected chi connectivity index (χ0v) is 11.6. The summed E-state index contributed by atoms with van der Waals surface area (Å²) in [6.07, 6.45) is 7.42. The fraction of sp³-hybridized carbons (Fsp3) is 0.643. The van der Waals surface area contributed by atoms with Crippen molar-refractivity contribution in [1.82, 2.24) is 4.90 Å². The zero-order valence-electron chi connectivity index (χ0n) is 10.8. The molecule has 1 aromatic rings. The molecule has 0 spiro atoms. The molecule has 18 heavy (non-hydrogen) atoms. The summed E-state index contributed by atoms with van der Waals surface area (Å²) in [4.78, 5) is 14.4. The van der Waals surface area contributed by atoms with Crippen molar-refractivity contribution in [3.63, 3.8) is 0 Å². The summed E-state index contributed by atoms with van der Waals surface area (Å²) in [7, 11) is 0. The van der Waals surface area contributed by atoms with E-state index in [-0.39, 0.29) is 5.91 Å². The molecular formula is C14H20ClNO2. The van der Waals surface area contributed by atoms with Gasteiger partial charge in [0.15, 0.2) is 5.76 Å². The van der Waals surface area contributed by atoms with Crippen molar-refractivity contribution >= 4 is 17.5 Å². The second-order valence-corrected chi connectivity index (χ2v) is 5.29. The lowest BCUT2D eigenvalue weighted by atomic mass is 9.94. The van der Waals surface area contributed by atoms with Gasteiger partial charge in [-0.05, 0) is 25.8 Å². The number of halogens is 1. The van der Waals surface area contributed by atoms with E-state index in [1.54, 1.807) is 6.26 Å². The highest BCUT2D eigenvalue weighted by molar-refractivity contribution is 6.18. The molecule has 0 aromatic carbocycles.